The van der Waals surface area contributed by atoms with E-state index >= 15 is 0 Å². The molecule has 1 aromatic heterocycles. The Bertz CT molecular complexity index is 748. The maximum atomic E-state index is 12.3. The molecule has 0 spiro atoms. The Balaban J connectivity index is 1.87. The van der Waals surface area contributed by atoms with Crippen LogP contribution in [0.3, 0.4) is 0 Å². The lowest BCUT2D eigenvalue weighted by molar-refractivity contribution is -0.131. The monoisotopic (exact) mass is 398 g/mol. The van der Waals surface area contributed by atoms with Gasteiger partial charge in [-0.2, -0.15) is 0 Å². The molecule has 140 valence electrons. The van der Waals surface area contributed by atoms with Gasteiger partial charge in [0.2, 0.25) is 5.91 Å². The van der Waals surface area contributed by atoms with Crippen LogP contribution in [0.25, 0.3) is 0 Å². The van der Waals surface area contributed by atoms with E-state index in [0.717, 1.165) is 0 Å². The lowest BCUT2D eigenvalue weighted by Gasteiger charge is -2.21. The van der Waals surface area contributed by atoms with Crippen molar-refractivity contribution in [2.45, 2.75) is 26.4 Å². The zero-order valence-corrected chi connectivity index (χ0v) is 15.9. The van der Waals surface area contributed by atoms with E-state index in [-0.39, 0.29) is 25.0 Å². The summed E-state index contributed by atoms with van der Waals surface area (Å²) in [5.41, 5.74) is 0. The largest absolute Gasteiger partial charge is 0.482 e. The van der Waals surface area contributed by atoms with Crippen molar-refractivity contribution >= 4 is 35.0 Å². The van der Waals surface area contributed by atoms with Gasteiger partial charge in [-0.1, -0.05) is 37.0 Å². The number of furan rings is 1. The average molecular weight is 399 g/mol. The standard InChI is InChI=1S/C18H20Cl2N2O4/c1-11(2)17(18(24)21-9-13-4-3-7-25-13)22-16(23)10-26-15-6-5-12(19)8-14(15)20/h3-8,11,17H,9-10H2,1-2H3,(H,21,24)(H,22,23)/t17-/m1/s1. The Morgan fingerprint density at radius 3 is 2.62 bits per heavy atom. The summed E-state index contributed by atoms with van der Waals surface area (Å²) >= 11 is 11.8. The highest BCUT2D eigenvalue weighted by atomic mass is 35.5. The molecule has 1 atom stereocenters. The first-order valence-electron chi connectivity index (χ1n) is 8.04. The Morgan fingerprint density at radius 1 is 1.23 bits per heavy atom. The highest BCUT2D eigenvalue weighted by Crippen LogP contribution is 2.27. The van der Waals surface area contributed by atoms with E-state index in [4.69, 9.17) is 32.4 Å². The Hall–Kier alpha value is -2.18. The van der Waals surface area contributed by atoms with Crippen molar-refractivity contribution in [2.24, 2.45) is 5.92 Å². The predicted molar refractivity (Wildman–Crippen MR) is 99.3 cm³/mol. The van der Waals surface area contributed by atoms with Gasteiger partial charge in [-0.3, -0.25) is 9.59 Å². The molecule has 0 aliphatic rings. The lowest BCUT2D eigenvalue weighted by Crippen LogP contribution is -2.50. The summed E-state index contributed by atoms with van der Waals surface area (Å²) < 4.78 is 10.6. The molecule has 1 aromatic carbocycles. The molecule has 0 bridgehead atoms. The van der Waals surface area contributed by atoms with E-state index in [9.17, 15) is 9.59 Å². The van der Waals surface area contributed by atoms with E-state index in [1.165, 1.54) is 12.3 Å². The van der Waals surface area contributed by atoms with Gasteiger partial charge in [0.1, 0.15) is 17.6 Å². The zero-order valence-electron chi connectivity index (χ0n) is 14.4. The van der Waals surface area contributed by atoms with Gasteiger partial charge >= 0.3 is 0 Å². The second-order valence-corrected chi connectivity index (χ2v) is 6.79. The topological polar surface area (TPSA) is 80.6 Å². The fraction of sp³-hybridized carbons (Fsp3) is 0.333. The third kappa shape index (κ3) is 5.97. The number of amides is 2. The lowest BCUT2D eigenvalue weighted by atomic mass is 10.0. The Labute approximate surface area is 161 Å². The third-order valence-corrected chi connectivity index (χ3v) is 4.07. The van der Waals surface area contributed by atoms with Crippen LogP contribution in [0.15, 0.2) is 41.0 Å². The molecule has 0 aliphatic heterocycles. The van der Waals surface area contributed by atoms with Gasteiger partial charge in [0.15, 0.2) is 6.61 Å². The van der Waals surface area contributed by atoms with Crippen molar-refractivity contribution in [3.8, 4) is 5.75 Å². The third-order valence-electron chi connectivity index (χ3n) is 3.54. The molecule has 2 aromatic rings. The molecule has 8 heteroatoms. The minimum atomic E-state index is -0.693. The molecule has 1 heterocycles. The average Bonchev–Trinajstić information content (AvgIpc) is 3.10. The summed E-state index contributed by atoms with van der Waals surface area (Å²) in [6, 6.07) is 7.51. The minimum absolute atomic E-state index is 0.102. The molecular formula is C18H20Cl2N2O4. The molecule has 6 nitrogen and oxygen atoms in total. The number of ether oxygens (including phenoxy) is 1. The molecule has 0 radical (unpaired) electrons. The van der Waals surface area contributed by atoms with E-state index in [1.807, 2.05) is 13.8 Å². The van der Waals surface area contributed by atoms with Crippen molar-refractivity contribution in [3.63, 3.8) is 0 Å². The molecule has 0 saturated carbocycles. The number of carbonyl (C=O) groups excluding carboxylic acids is 2. The van der Waals surface area contributed by atoms with Gasteiger partial charge in [-0.05, 0) is 36.2 Å². The molecule has 2 rings (SSSR count). The normalized spacial score (nSPS) is 11.9. The summed E-state index contributed by atoms with van der Waals surface area (Å²) in [7, 11) is 0. The van der Waals surface area contributed by atoms with Crippen LogP contribution in [0.5, 0.6) is 5.75 Å². The first kappa shape index (κ1) is 20.1. The van der Waals surface area contributed by atoms with Gasteiger partial charge in [0.05, 0.1) is 17.8 Å². The van der Waals surface area contributed by atoms with Crippen molar-refractivity contribution in [1.29, 1.82) is 0 Å². The number of nitrogens with one attached hydrogen (secondary N) is 2. The van der Waals surface area contributed by atoms with Crippen LogP contribution in [0, 0.1) is 5.92 Å². The van der Waals surface area contributed by atoms with Crippen LogP contribution in [0.2, 0.25) is 10.0 Å². The minimum Gasteiger partial charge on any atom is -0.482 e. The van der Waals surface area contributed by atoms with Crippen LogP contribution in [0.4, 0.5) is 0 Å². The Kier molecular flexibility index (Phi) is 7.36. The second-order valence-electron chi connectivity index (χ2n) is 5.95. The number of hydrogen-bond donors (Lipinski definition) is 2. The first-order valence-corrected chi connectivity index (χ1v) is 8.79. The zero-order chi connectivity index (χ0) is 19.1. The number of carbonyl (C=O) groups is 2. The molecule has 0 fully saturated rings. The second kappa shape index (κ2) is 9.50. The van der Waals surface area contributed by atoms with Gasteiger partial charge in [-0.25, -0.2) is 0 Å². The van der Waals surface area contributed by atoms with Gasteiger partial charge in [0, 0.05) is 5.02 Å². The molecule has 2 N–H and O–H groups in total. The molecular weight excluding hydrogens is 379 g/mol. The van der Waals surface area contributed by atoms with E-state index in [1.54, 1.807) is 24.3 Å². The van der Waals surface area contributed by atoms with Crippen molar-refractivity contribution < 1.29 is 18.7 Å². The Morgan fingerprint density at radius 2 is 2.00 bits per heavy atom. The molecule has 2 amide bonds. The van der Waals surface area contributed by atoms with E-state index in [2.05, 4.69) is 10.6 Å². The smallest absolute Gasteiger partial charge is 0.258 e. The SMILES string of the molecule is CC(C)[C@@H](NC(=O)COc1ccc(Cl)cc1Cl)C(=O)NCc1ccco1. The van der Waals surface area contributed by atoms with Crippen LogP contribution < -0.4 is 15.4 Å². The van der Waals surface area contributed by atoms with E-state index < -0.39 is 11.9 Å². The fourth-order valence-corrected chi connectivity index (χ4v) is 2.65. The molecule has 26 heavy (non-hydrogen) atoms. The van der Waals surface area contributed by atoms with Crippen molar-refractivity contribution in [2.75, 3.05) is 6.61 Å². The predicted octanol–water partition coefficient (Wildman–Crippen LogP) is 3.42. The van der Waals surface area contributed by atoms with Gasteiger partial charge < -0.3 is 19.8 Å². The van der Waals surface area contributed by atoms with Crippen LogP contribution >= 0.6 is 23.2 Å². The van der Waals surface area contributed by atoms with Gasteiger partial charge in [-0.15, -0.1) is 0 Å². The molecule has 0 unspecified atom stereocenters. The number of halogens is 2. The summed E-state index contributed by atoms with van der Waals surface area (Å²) in [5.74, 6) is 0.147. The molecule has 0 saturated heterocycles. The summed E-state index contributed by atoms with van der Waals surface area (Å²) in [6.45, 7) is 3.67. The van der Waals surface area contributed by atoms with Crippen LogP contribution in [-0.2, 0) is 16.1 Å². The fourth-order valence-electron chi connectivity index (χ4n) is 2.18. The van der Waals surface area contributed by atoms with Gasteiger partial charge in [0.25, 0.3) is 5.91 Å². The highest BCUT2D eigenvalue weighted by molar-refractivity contribution is 6.35. The number of hydrogen-bond acceptors (Lipinski definition) is 4. The van der Waals surface area contributed by atoms with Crippen LogP contribution in [0.1, 0.15) is 19.6 Å². The quantitative estimate of drug-likeness (QED) is 0.713. The van der Waals surface area contributed by atoms with Crippen molar-refractivity contribution in [3.05, 3.63) is 52.4 Å². The maximum absolute atomic E-state index is 12.3. The van der Waals surface area contributed by atoms with Crippen molar-refractivity contribution in [1.82, 2.24) is 10.6 Å². The summed E-state index contributed by atoms with van der Waals surface area (Å²) in [5, 5.41) is 6.19. The maximum Gasteiger partial charge on any atom is 0.258 e. The first-order chi connectivity index (χ1) is 12.4. The highest BCUT2D eigenvalue weighted by Gasteiger charge is 2.24. The molecule has 0 aliphatic carbocycles. The summed E-state index contributed by atoms with van der Waals surface area (Å²) in [6.07, 6.45) is 1.53. The number of benzene rings is 1. The summed E-state index contributed by atoms with van der Waals surface area (Å²) in [4.78, 5) is 24.5. The number of rotatable bonds is 8. The van der Waals surface area contributed by atoms with Crippen LogP contribution in [-0.4, -0.2) is 24.5 Å². The van der Waals surface area contributed by atoms with E-state index in [0.29, 0.717) is 21.6 Å².